The zero-order valence-electron chi connectivity index (χ0n) is 19.5. The summed E-state index contributed by atoms with van der Waals surface area (Å²) in [4.78, 5) is 24.4. The molecule has 0 saturated carbocycles. The fourth-order valence-corrected chi connectivity index (χ4v) is 4.17. The molecular formula is C28H28N4O3. The molecule has 1 amide bonds. The van der Waals surface area contributed by atoms with Gasteiger partial charge in [-0.05, 0) is 42.0 Å². The van der Waals surface area contributed by atoms with Crippen LogP contribution in [0, 0.1) is 0 Å². The molecule has 7 heteroatoms. The lowest BCUT2D eigenvalue weighted by atomic mass is 10.0. The zero-order valence-corrected chi connectivity index (χ0v) is 19.5. The van der Waals surface area contributed by atoms with Gasteiger partial charge in [0.1, 0.15) is 12.4 Å². The number of nitrogens with one attached hydrogen (secondary N) is 1. The number of hydrogen-bond acceptors (Lipinski definition) is 6. The molecule has 1 N–H and O–H groups in total. The van der Waals surface area contributed by atoms with Crippen molar-refractivity contribution >= 4 is 16.8 Å². The van der Waals surface area contributed by atoms with Gasteiger partial charge in [-0.3, -0.25) is 14.7 Å². The maximum absolute atomic E-state index is 13.2. The molecular weight excluding hydrogens is 440 g/mol. The van der Waals surface area contributed by atoms with Gasteiger partial charge in [-0.2, -0.15) is 0 Å². The van der Waals surface area contributed by atoms with Crippen LogP contribution in [0.15, 0.2) is 79.1 Å². The van der Waals surface area contributed by atoms with Crippen molar-refractivity contribution in [1.82, 2.24) is 20.2 Å². The molecule has 2 aromatic carbocycles. The van der Waals surface area contributed by atoms with Crippen molar-refractivity contribution in [3.8, 4) is 17.0 Å². The van der Waals surface area contributed by atoms with E-state index in [1.54, 1.807) is 12.4 Å². The highest BCUT2D eigenvalue weighted by Gasteiger charge is 2.14. The van der Waals surface area contributed by atoms with Gasteiger partial charge < -0.3 is 14.8 Å². The average molecular weight is 469 g/mol. The van der Waals surface area contributed by atoms with Gasteiger partial charge in [0.25, 0.3) is 5.91 Å². The van der Waals surface area contributed by atoms with Gasteiger partial charge in [-0.1, -0.05) is 30.3 Å². The number of rotatable bonds is 8. The number of para-hydroxylation sites is 1. The molecule has 0 unspecified atom stereocenters. The third kappa shape index (κ3) is 5.82. The maximum atomic E-state index is 13.2. The van der Waals surface area contributed by atoms with E-state index in [-0.39, 0.29) is 5.91 Å². The monoisotopic (exact) mass is 468 g/mol. The van der Waals surface area contributed by atoms with Crippen LogP contribution in [-0.4, -0.2) is 60.2 Å². The van der Waals surface area contributed by atoms with Crippen LogP contribution in [0.5, 0.6) is 5.75 Å². The largest absolute Gasteiger partial charge is 0.492 e. The Labute approximate surface area is 204 Å². The lowest BCUT2D eigenvalue weighted by molar-refractivity contribution is 0.0322. The van der Waals surface area contributed by atoms with Crippen LogP contribution in [0.2, 0.25) is 0 Å². The number of ether oxygens (including phenoxy) is 2. The number of fused-ring (bicyclic) bond motifs is 1. The van der Waals surface area contributed by atoms with E-state index in [1.165, 1.54) is 0 Å². The normalized spacial score (nSPS) is 14.1. The molecule has 0 radical (unpaired) electrons. The van der Waals surface area contributed by atoms with Gasteiger partial charge >= 0.3 is 0 Å². The van der Waals surface area contributed by atoms with Crippen molar-refractivity contribution in [3.05, 3.63) is 90.3 Å². The summed E-state index contributed by atoms with van der Waals surface area (Å²) >= 11 is 0. The van der Waals surface area contributed by atoms with E-state index in [0.29, 0.717) is 18.7 Å². The molecule has 1 aliphatic heterocycles. The summed E-state index contributed by atoms with van der Waals surface area (Å²) in [6, 6.07) is 21.2. The van der Waals surface area contributed by atoms with E-state index in [4.69, 9.17) is 14.5 Å². The molecule has 5 rings (SSSR count). The van der Waals surface area contributed by atoms with Gasteiger partial charge in [-0.25, -0.2) is 4.98 Å². The SMILES string of the molecule is O=C(NCc1cccc(OCCN2CCOCC2)c1)c1cc(-c2ccncc2)nc2ccccc12. The van der Waals surface area contributed by atoms with Crippen LogP contribution < -0.4 is 10.1 Å². The van der Waals surface area contributed by atoms with Crippen LogP contribution in [0.25, 0.3) is 22.2 Å². The molecule has 0 bridgehead atoms. The first kappa shape index (κ1) is 23.0. The predicted molar refractivity (Wildman–Crippen MR) is 135 cm³/mol. The maximum Gasteiger partial charge on any atom is 0.252 e. The number of morpholine rings is 1. The smallest absolute Gasteiger partial charge is 0.252 e. The summed E-state index contributed by atoms with van der Waals surface area (Å²) in [5.74, 6) is 0.664. The summed E-state index contributed by atoms with van der Waals surface area (Å²) in [6.07, 6.45) is 3.45. The van der Waals surface area contributed by atoms with Crippen molar-refractivity contribution < 1.29 is 14.3 Å². The van der Waals surface area contributed by atoms with Crippen molar-refractivity contribution in [2.24, 2.45) is 0 Å². The Balaban J connectivity index is 1.26. The van der Waals surface area contributed by atoms with Crippen LogP contribution in [0.4, 0.5) is 0 Å². The molecule has 4 aromatic rings. The highest BCUT2D eigenvalue weighted by atomic mass is 16.5. The number of nitrogens with zero attached hydrogens (tertiary/aromatic N) is 3. The fraction of sp³-hybridized carbons (Fsp3) is 0.250. The van der Waals surface area contributed by atoms with E-state index in [2.05, 4.69) is 15.2 Å². The Hall–Kier alpha value is -3.81. The first-order valence-corrected chi connectivity index (χ1v) is 11.9. The van der Waals surface area contributed by atoms with Crippen molar-refractivity contribution in [2.45, 2.75) is 6.54 Å². The molecule has 1 saturated heterocycles. The van der Waals surface area contributed by atoms with Gasteiger partial charge in [0.15, 0.2) is 0 Å². The molecule has 35 heavy (non-hydrogen) atoms. The van der Waals surface area contributed by atoms with E-state index in [1.807, 2.05) is 66.7 Å². The third-order valence-electron chi connectivity index (χ3n) is 6.07. The quantitative estimate of drug-likeness (QED) is 0.422. The van der Waals surface area contributed by atoms with Gasteiger partial charge in [0.2, 0.25) is 0 Å². The van der Waals surface area contributed by atoms with E-state index >= 15 is 0 Å². The third-order valence-corrected chi connectivity index (χ3v) is 6.07. The first-order valence-electron chi connectivity index (χ1n) is 11.9. The van der Waals surface area contributed by atoms with Crippen LogP contribution >= 0.6 is 0 Å². The molecule has 2 aromatic heterocycles. The van der Waals surface area contributed by atoms with Crippen LogP contribution in [0.3, 0.4) is 0 Å². The Bertz CT molecular complexity index is 1290. The lowest BCUT2D eigenvalue weighted by Gasteiger charge is -2.26. The number of carbonyl (C=O) groups is 1. The second-order valence-electron chi connectivity index (χ2n) is 8.44. The fourth-order valence-electron chi connectivity index (χ4n) is 4.17. The molecule has 1 fully saturated rings. The molecule has 0 spiro atoms. The zero-order chi connectivity index (χ0) is 23.9. The van der Waals surface area contributed by atoms with E-state index in [9.17, 15) is 4.79 Å². The van der Waals surface area contributed by atoms with Crippen molar-refractivity contribution in [1.29, 1.82) is 0 Å². The summed E-state index contributed by atoms with van der Waals surface area (Å²) in [7, 11) is 0. The van der Waals surface area contributed by atoms with Gasteiger partial charge in [0.05, 0.1) is 30.0 Å². The second kappa shape index (κ2) is 11.1. The predicted octanol–water partition coefficient (Wildman–Crippen LogP) is 3.94. The highest BCUT2D eigenvalue weighted by Crippen LogP contribution is 2.24. The number of hydrogen-bond donors (Lipinski definition) is 1. The number of aromatic nitrogens is 2. The van der Waals surface area contributed by atoms with E-state index in [0.717, 1.165) is 66.3 Å². The van der Waals surface area contributed by atoms with E-state index < -0.39 is 0 Å². The van der Waals surface area contributed by atoms with Crippen molar-refractivity contribution in [2.75, 3.05) is 39.5 Å². The van der Waals surface area contributed by atoms with Gasteiger partial charge in [-0.15, -0.1) is 0 Å². The highest BCUT2D eigenvalue weighted by molar-refractivity contribution is 6.07. The number of amides is 1. The number of benzene rings is 2. The summed E-state index contributed by atoms with van der Waals surface area (Å²) in [5.41, 5.74) is 4.02. The number of carbonyl (C=O) groups excluding carboxylic acids is 1. The minimum absolute atomic E-state index is 0.141. The molecule has 3 heterocycles. The summed E-state index contributed by atoms with van der Waals surface area (Å²) < 4.78 is 11.3. The lowest BCUT2D eigenvalue weighted by Crippen LogP contribution is -2.38. The topological polar surface area (TPSA) is 76.6 Å². The van der Waals surface area contributed by atoms with Crippen molar-refractivity contribution in [3.63, 3.8) is 0 Å². The molecule has 0 atom stereocenters. The Morgan fingerprint density at radius 1 is 1.00 bits per heavy atom. The standard InChI is InChI=1S/C28H28N4O3/c33-28(25-19-27(22-8-10-29-11-9-22)31-26-7-2-1-6-24(25)26)30-20-21-4-3-5-23(18-21)35-17-14-32-12-15-34-16-13-32/h1-11,18-19H,12-17,20H2,(H,30,33). The second-order valence-corrected chi connectivity index (χ2v) is 8.44. The Morgan fingerprint density at radius 2 is 1.83 bits per heavy atom. The van der Waals surface area contributed by atoms with Crippen LogP contribution in [-0.2, 0) is 11.3 Å². The minimum Gasteiger partial charge on any atom is -0.492 e. The minimum atomic E-state index is -0.141. The average Bonchev–Trinajstić information content (AvgIpc) is 2.92. The molecule has 1 aliphatic rings. The van der Waals surface area contributed by atoms with Crippen LogP contribution in [0.1, 0.15) is 15.9 Å². The molecule has 7 nitrogen and oxygen atoms in total. The number of pyridine rings is 2. The van der Waals surface area contributed by atoms with Gasteiger partial charge in [0, 0.05) is 49.5 Å². The Morgan fingerprint density at radius 3 is 2.69 bits per heavy atom. The summed E-state index contributed by atoms with van der Waals surface area (Å²) in [6.45, 7) is 5.36. The molecule has 178 valence electrons. The Kier molecular flexibility index (Phi) is 7.27. The molecule has 0 aliphatic carbocycles. The summed E-state index contributed by atoms with van der Waals surface area (Å²) in [5, 5.41) is 3.89. The first-order chi connectivity index (χ1) is 17.3.